The van der Waals surface area contributed by atoms with E-state index in [1.807, 2.05) is 30.3 Å². The Bertz CT molecular complexity index is 801. The lowest BCUT2D eigenvalue weighted by Crippen LogP contribution is -2.14. The van der Waals surface area contributed by atoms with Gasteiger partial charge in [0.05, 0.1) is 6.42 Å². The number of nitrogens with two attached hydrogens (primary N) is 1. The van der Waals surface area contributed by atoms with Crippen LogP contribution in [0.4, 0.5) is 10.3 Å². The molecule has 0 aliphatic carbocycles. The van der Waals surface area contributed by atoms with Crippen molar-refractivity contribution in [2.45, 2.75) is 25.7 Å². The lowest BCUT2D eigenvalue weighted by Gasteiger charge is -2.00. The molecule has 1 amide bonds. The molecule has 0 radical (unpaired) electrons. The topological polar surface area (TPSA) is 107 Å². The number of rotatable bonds is 7. The maximum atomic E-state index is 12.0. The normalized spacial score (nSPS) is 10.7. The summed E-state index contributed by atoms with van der Waals surface area (Å²) in [6.45, 7) is 0. The monoisotopic (exact) mass is 360 g/mol. The smallest absolute Gasteiger partial charge is 0.230 e. The molecule has 9 heteroatoms. The van der Waals surface area contributed by atoms with Crippen molar-refractivity contribution in [1.29, 1.82) is 0 Å². The van der Waals surface area contributed by atoms with Crippen LogP contribution in [0.25, 0.3) is 0 Å². The molecular formula is C15H16N6OS2. The standard InChI is InChI=1S/C15H16N6OS2/c16-14-20-18-12(23-14)7-4-8-13-19-21-15(24-13)17-11(22)9-10-5-2-1-3-6-10/h1-3,5-6H,4,7-9H2,(H2,16,20)(H,17,21,22). The second kappa shape index (κ2) is 7.93. The third kappa shape index (κ3) is 4.80. The average molecular weight is 360 g/mol. The molecule has 3 N–H and O–H groups in total. The lowest BCUT2D eigenvalue weighted by atomic mass is 10.1. The van der Waals surface area contributed by atoms with Gasteiger partial charge in [-0.3, -0.25) is 4.79 Å². The highest BCUT2D eigenvalue weighted by Crippen LogP contribution is 2.19. The summed E-state index contributed by atoms with van der Waals surface area (Å²) in [7, 11) is 0. The summed E-state index contributed by atoms with van der Waals surface area (Å²) in [6.07, 6.45) is 2.81. The Morgan fingerprint density at radius 3 is 2.42 bits per heavy atom. The van der Waals surface area contributed by atoms with E-state index in [1.54, 1.807) is 0 Å². The Balaban J connectivity index is 1.45. The zero-order valence-corrected chi connectivity index (χ0v) is 14.4. The van der Waals surface area contributed by atoms with Crippen molar-refractivity contribution in [2.75, 3.05) is 11.1 Å². The first-order chi connectivity index (χ1) is 11.7. The number of carbonyl (C=O) groups is 1. The van der Waals surface area contributed by atoms with Gasteiger partial charge >= 0.3 is 0 Å². The Kier molecular flexibility index (Phi) is 5.44. The molecule has 0 bridgehead atoms. The molecule has 0 saturated heterocycles. The number of amides is 1. The molecule has 0 saturated carbocycles. The summed E-state index contributed by atoms with van der Waals surface area (Å²) >= 11 is 2.80. The number of benzene rings is 1. The molecule has 0 atom stereocenters. The van der Waals surface area contributed by atoms with E-state index >= 15 is 0 Å². The Morgan fingerprint density at radius 2 is 1.71 bits per heavy atom. The van der Waals surface area contributed by atoms with E-state index in [2.05, 4.69) is 25.7 Å². The highest BCUT2D eigenvalue weighted by atomic mass is 32.1. The van der Waals surface area contributed by atoms with Gasteiger partial charge in [-0.2, -0.15) is 0 Å². The van der Waals surface area contributed by atoms with E-state index in [4.69, 9.17) is 5.73 Å². The van der Waals surface area contributed by atoms with E-state index in [9.17, 15) is 4.79 Å². The minimum Gasteiger partial charge on any atom is -0.374 e. The van der Waals surface area contributed by atoms with Crippen molar-refractivity contribution in [3.05, 3.63) is 45.9 Å². The van der Waals surface area contributed by atoms with Crippen LogP contribution in [0.1, 0.15) is 22.0 Å². The predicted octanol–water partition coefficient (Wildman–Crippen LogP) is 2.33. The summed E-state index contributed by atoms with van der Waals surface area (Å²) in [4.78, 5) is 12.0. The van der Waals surface area contributed by atoms with Crippen LogP contribution in [0.5, 0.6) is 0 Å². The molecule has 0 fully saturated rings. The van der Waals surface area contributed by atoms with Gasteiger partial charge in [0.1, 0.15) is 10.0 Å². The van der Waals surface area contributed by atoms with E-state index in [1.165, 1.54) is 22.7 Å². The molecule has 1 aromatic carbocycles. The van der Waals surface area contributed by atoms with Crippen LogP contribution in [0.3, 0.4) is 0 Å². The van der Waals surface area contributed by atoms with Crippen molar-refractivity contribution >= 4 is 38.8 Å². The van der Waals surface area contributed by atoms with Gasteiger partial charge in [0.15, 0.2) is 0 Å². The van der Waals surface area contributed by atoms with Crippen LogP contribution in [-0.4, -0.2) is 26.3 Å². The molecule has 3 rings (SSSR count). The van der Waals surface area contributed by atoms with Gasteiger partial charge in [-0.25, -0.2) is 0 Å². The van der Waals surface area contributed by atoms with Crippen LogP contribution in [0.15, 0.2) is 30.3 Å². The number of nitrogens with one attached hydrogen (secondary N) is 1. The van der Waals surface area contributed by atoms with Crippen molar-refractivity contribution in [3.63, 3.8) is 0 Å². The summed E-state index contributed by atoms with van der Waals surface area (Å²) in [5.74, 6) is -0.0896. The third-order valence-electron chi connectivity index (χ3n) is 3.18. The van der Waals surface area contributed by atoms with Gasteiger partial charge in [-0.15, -0.1) is 20.4 Å². The van der Waals surface area contributed by atoms with Gasteiger partial charge in [-0.1, -0.05) is 53.0 Å². The zero-order valence-electron chi connectivity index (χ0n) is 12.8. The number of nitrogen functional groups attached to an aromatic ring is 1. The van der Waals surface area contributed by atoms with Crippen LogP contribution in [-0.2, 0) is 24.1 Å². The lowest BCUT2D eigenvalue weighted by molar-refractivity contribution is -0.115. The van der Waals surface area contributed by atoms with Gasteiger partial charge in [-0.05, 0) is 12.0 Å². The number of aromatic nitrogens is 4. The average Bonchev–Trinajstić information content (AvgIpc) is 3.17. The molecule has 0 aliphatic rings. The Morgan fingerprint density at radius 1 is 1.00 bits per heavy atom. The molecule has 0 unspecified atom stereocenters. The summed E-state index contributed by atoms with van der Waals surface area (Å²) in [6, 6.07) is 9.60. The largest absolute Gasteiger partial charge is 0.374 e. The van der Waals surface area contributed by atoms with Crippen molar-refractivity contribution in [2.24, 2.45) is 0 Å². The Hall–Kier alpha value is -2.39. The summed E-state index contributed by atoms with van der Waals surface area (Å²) in [5, 5.41) is 21.5. The number of carbonyl (C=O) groups excluding carboxylic acids is 1. The minimum absolute atomic E-state index is 0.0896. The minimum atomic E-state index is -0.0896. The number of hydrogen-bond donors (Lipinski definition) is 2. The molecule has 0 aliphatic heterocycles. The van der Waals surface area contributed by atoms with Gasteiger partial charge < -0.3 is 11.1 Å². The fourth-order valence-electron chi connectivity index (χ4n) is 2.11. The van der Waals surface area contributed by atoms with Crippen molar-refractivity contribution in [1.82, 2.24) is 20.4 Å². The van der Waals surface area contributed by atoms with E-state index in [0.717, 1.165) is 34.8 Å². The zero-order chi connectivity index (χ0) is 16.8. The first-order valence-electron chi connectivity index (χ1n) is 7.43. The fourth-order valence-corrected chi connectivity index (χ4v) is 3.56. The summed E-state index contributed by atoms with van der Waals surface area (Å²) in [5.41, 5.74) is 6.52. The molecular weight excluding hydrogens is 344 g/mol. The number of aryl methyl sites for hydroxylation is 2. The summed E-state index contributed by atoms with van der Waals surface area (Å²) < 4.78 is 0. The SMILES string of the molecule is Nc1nnc(CCCc2nnc(NC(=O)Cc3ccccc3)s2)s1. The molecule has 2 heterocycles. The second-order valence-corrected chi connectivity index (χ2v) is 7.25. The van der Waals surface area contributed by atoms with Crippen molar-refractivity contribution in [3.8, 4) is 0 Å². The van der Waals surface area contributed by atoms with Gasteiger partial charge in [0.25, 0.3) is 0 Å². The van der Waals surface area contributed by atoms with Gasteiger partial charge in [0, 0.05) is 12.8 Å². The van der Waals surface area contributed by atoms with Gasteiger partial charge in [0.2, 0.25) is 16.2 Å². The predicted molar refractivity (Wildman–Crippen MR) is 95.0 cm³/mol. The second-order valence-electron chi connectivity index (χ2n) is 5.10. The van der Waals surface area contributed by atoms with Crippen molar-refractivity contribution < 1.29 is 4.79 Å². The highest BCUT2D eigenvalue weighted by molar-refractivity contribution is 7.15. The molecule has 2 aromatic heterocycles. The first kappa shape index (κ1) is 16.5. The number of nitrogens with zero attached hydrogens (tertiary/aromatic N) is 4. The molecule has 7 nitrogen and oxygen atoms in total. The van der Waals surface area contributed by atoms with Crippen LogP contribution < -0.4 is 11.1 Å². The number of hydrogen-bond acceptors (Lipinski definition) is 8. The van der Waals surface area contributed by atoms with E-state index in [0.29, 0.717) is 16.7 Å². The van der Waals surface area contributed by atoms with Crippen LogP contribution in [0, 0.1) is 0 Å². The van der Waals surface area contributed by atoms with Crippen LogP contribution >= 0.6 is 22.7 Å². The maximum Gasteiger partial charge on any atom is 0.230 e. The molecule has 3 aromatic rings. The molecule has 124 valence electrons. The fraction of sp³-hybridized carbons (Fsp3) is 0.267. The molecule has 0 spiro atoms. The molecule has 24 heavy (non-hydrogen) atoms. The Labute approximate surface area is 147 Å². The number of anilines is 2. The van der Waals surface area contributed by atoms with E-state index < -0.39 is 0 Å². The maximum absolute atomic E-state index is 12.0. The van der Waals surface area contributed by atoms with E-state index in [-0.39, 0.29) is 5.91 Å². The van der Waals surface area contributed by atoms with Crippen LogP contribution in [0.2, 0.25) is 0 Å². The highest BCUT2D eigenvalue weighted by Gasteiger charge is 2.09. The third-order valence-corrected chi connectivity index (χ3v) is 4.90. The quantitative estimate of drug-likeness (QED) is 0.670. The first-order valence-corrected chi connectivity index (χ1v) is 9.06.